The summed E-state index contributed by atoms with van der Waals surface area (Å²) < 4.78 is 24.2. The van der Waals surface area contributed by atoms with E-state index in [9.17, 15) is 0 Å². The predicted octanol–water partition coefficient (Wildman–Crippen LogP) is -0.932. The van der Waals surface area contributed by atoms with Crippen LogP contribution in [-0.4, -0.2) is 13.0 Å². The largest absolute Gasteiger partial charge is 0.288 e. The van der Waals surface area contributed by atoms with E-state index in [1.165, 1.54) is 0 Å². The second-order valence-electron chi connectivity index (χ2n) is 0.238. The molecule has 0 aliphatic rings. The molecular formula is H2O3RhS. The number of rotatable bonds is 0. The van der Waals surface area contributed by atoms with Gasteiger partial charge in [0.15, 0.2) is 0 Å². The van der Waals surface area contributed by atoms with Gasteiger partial charge in [-0.2, -0.15) is 0 Å². The molecule has 1 N–H and O–H groups in total. The molecule has 0 rings (SSSR count). The normalized spacial score (nSPS) is 6.80. The van der Waals surface area contributed by atoms with Gasteiger partial charge in [0.1, 0.15) is 0 Å². The second-order valence-corrected chi connectivity index (χ2v) is 0.714. The summed E-state index contributed by atoms with van der Waals surface area (Å²) >= 11 is 0. The summed E-state index contributed by atoms with van der Waals surface area (Å²) in [4.78, 5) is 0. The monoisotopic (exact) mass is 185 g/mol. The minimum Gasteiger partial charge on any atom is -0.288 e. The van der Waals surface area contributed by atoms with Gasteiger partial charge in [0, 0.05) is 19.5 Å². The van der Waals surface area contributed by atoms with Crippen molar-refractivity contribution in [2.45, 2.75) is 0 Å². The van der Waals surface area contributed by atoms with E-state index < -0.39 is 11.0 Å². The van der Waals surface area contributed by atoms with Crippen LogP contribution in [-0.2, 0) is 30.5 Å². The minimum atomic E-state index is -3.12. The average molecular weight is 185 g/mol. The van der Waals surface area contributed by atoms with Crippen molar-refractivity contribution in [3.05, 3.63) is 0 Å². The van der Waals surface area contributed by atoms with Crippen LogP contribution >= 0.6 is 0 Å². The molecule has 0 aromatic heterocycles. The van der Waals surface area contributed by atoms with Crippen LogP contribution in [0.15, 0.2) is 0 Å². The Morgan fingerprint density at radius 3 is 1.40 bits per heavy atom. The number of hydrogen-bond acceptors (Lipinski definition) is 2. The summed E-state index contributed by atoms with van der Waals surface area (Å²) in [6.45, 7) is 0. The number of thiol groups is 1. The molecule has 0 fully saturated rings. The van der Waals surface area contributed by atoms with E-state index >= 15 is 0 Å². The third-order valence-electron chi connectivity index (χ3n) is 0. The van der Waals surface area contributed by atoms with Gasteiger partial charge in [0.2, 0.25) is 0 Å². The summed E-state index contributed by atoms with van der Waals surface area (Å²) in [6, 6.07) is 0. The van der Waals surface area contributed by atoms with Gasteiger partial charge in [-0.05, 0) is 0 Å². The van der Waals surface area contributed by atoms with E-state index in [2.05, 4.69) is 0 Å². The van der Waals surface area contributed by atoms with Crippen LogP contribution in [0.1, 0.15) is 0 Å². The summed E-state index contributed by atoms with van der Waals surface area (Å²) in [6.07, 6.45) is 0. The van der Waals surface area contributed by atoms with Gasteiger partial charge in [0.25, 0.3) is 11.0 Å². The predicted molar refractivity (Wildman–Crippen MR) is 12.9 cm³/mol. The molecule has 35 valence electrons. The first-order chi connectivity index (χ1) is 1.73. The Hall–Kier alpha value is 0.533. The molecule has 0 amide bonds. The van der Waals surface area contributed by atoms with Crippen molar-refractivity contribution in [2.75, 3.05) is 0 Å². The van der Waals surface area contributed by atoms with Crippen LogP contribution in [0.25, 0.3) is 0 Å². The van der Waals surface area contributed by atoms with Crippen molar-refractivity contribution in [1.29, 1.82) is 0 Å². The smallest absolute Gasteiger partial charge is 0.254 e. The van der Waals surface area contributed by atoms with Crippen molar-refractivity contribution >= 4 is 11.0 Å². The van der Waals surface area contributed by atoms with Crippen molar-refractivity contribution in [2.24, 2.45) is 0 Å². The van der Waals surface area contributed by atoms with Crippen LogP contribution in [0.3, 0.4) is 0 Å². The quantitative estimate of drug-likeness (QED) is 0.291. The van der Waals surface area contributed by atoms with Gasteiger partial charge in [-0.15, -0.1) is 0 Å². The molecule has 0 aliphatic carbocycles. The Morgan fingerprint density at radius 2 is 1.40 bits per heavy atom. The average Bonchev–Trinajstić information content (AvgIpc) is 0.811. The molecule has 5 heteroatoms. The van der Waals surface area contributed by atoms with E-state index in [1.807, 2.05) is 0 Å². The van der Waals surface area contributed by atoms with Gasteiger partial charge in [-0.3, -0.25) is 4.55 Å². The van der Waals surface area contributed by atoms with E-state index in [4.69, 9.17) is 13.0 Å². The molecule has 3 nitrogen and oxygen atoms in total. The Kier molecular flexibility index (Phi) is 8.26. The van der Waals surface area contributed by atoms with E-state index in [0.29, 0.717) is 0 Å². The zero-order chi connectivity index (χ0) is 3.58. The maximum absolute atomic E-state index is 8.59. The molecule has 1 radical (unpaired) electrons. The first kappa shape index (κ1) is 9.11. The van der Waals surface area contributed by atoms with Crippen LogP contribution in [0.5, 0.6) is 0 Å². The van der Waals surface area contributed by atoms with Gasteiger partial charge in [0.05, 0.1) is 0 Å². The third kappa shape index (κ3) is 102. The SMILES string of the molecule is O=[SH](=O)O.[Rh]. The summed E-state index contributed by atoms with van der Waals surface area (Å²) in [5, 5.41) is 0. The molecule has 0 saturated heterocycles. The Labute approximate surface area is 43.9 Å². The van der Waals surface area contributed by atoms with Gasteiger partial charge in [-0.25, -0.2) is 8.42 Å². The first-order valence-electron chi connectivity index (χ1n) is 0.565. The molecule has 0 unspecified atom stereocenters. The van der Waals surface area contributed by atoms with Crippen LogP contribution in [0.4, 0.5) is 0 Å². The molecule has 0 aromatic carbocycles. The van der Waals surface area contributed by atoms with E-state index in [-0.39, 0.29) is 19.5 Å². The van der Waals surface area contributed by atoms with Crippen molar-refractivity contribution in [1.82, 2.24) is 0 Å². The van der Waals surface area contributed by atoms with Crippen molar-refractivity contribution < 1.29 is 32.4 Å². The molecule has 5 heavy (non-hydrogen) atoms. The van der Waals surface area contributed by atoms with Gasteiger partial charge < -0.3 is 0 Å². The molecule has 0 heterocycles. The zero-order valence-corrected chi connectivity index (χ0v) is 4.58. The summed E-state index contributed by atoms with van der Waals surface area (Å²) in [5.41, 5.74) is 0. The van der Waals surface area contributed by atoms with Crippen LogP contribution in [0.2, 0.25) is 0 Å². The van der Waals surface area contributed by atoms with Crippen LogP contribution in [0, 0.1) is 0 Å². The third-order valence-corrected chi connectivity index (χ3v) is 0. The topological polar surface area (TPSA) is 54.4 Å². The van der Waals surface area contributed by atoms with E-state index in [1.54, 1.807) is 0 Å². The summed E-state index contributed by atoms with van der Waals surface area (Å²) in [7, 11) is -3.12. The molecule has 0 aromatic rings. The van der Waals surface area contributed by atoms with Gasteiger partial charge in [-0.1, -0.05) is 0 Å². The fourth-order valence-electron chi connectivity index (χ4n) is 0. The standard InChI is InChI=1S/H2O3S.Rh/c1-4(2)3;/h4H,(H,1,2,3);. The molecule has 0 saturated carbocycles. The van der Waals surface area contributed by atoms with Crippen LogP contribution < -0.4 is 0 Å². The Balaban J connectivity index is 0. The maximum Gasteiger partial charge on any atom is 0.254 e. The molecule has 0 spiro atoms. The fraction of sp³-hybridized carbons (Fsp3) is 0. The Bertz CT molecular complexity index is 55.3. The minimum absolute atomic E-state index is 0. The van der Waals surface area contributed by atoms with Gasteiger partial charge >= 0.3 is 0 Å². The maximum atomic E-state index is 8.59. The molecule has 0 aliphatic heterocycles. The Morgan fingerprint density at radius 1 is 1.40 bits per heavy atom. The molecule has 0 bridgehead atoms. The molecular weight excluding hydrogens is 183 g/mol. The molecule has 0 atom stereocenters. The second kappa shape index (κ2) is 4.53. The first-order valence-corrected chi connectivity index (χ1v) is 1.70. The van der Waals surface area contributed by atoms with Crippen molar-refractivity contribution in [3.63, 3.8) is 0 Å². The summed E-state index contributed by atoms with van der Waals surface area (Å²) in [5.74, 6) is 0. The van der Waals surface area contributed by atoms with Crippen molar-refractivity contribution in [3.8, 4) is 0 Å². The van der Waals surface area contributed by atoms with E-state index in [0.717, 1.165) is 0 Å². The number of hydrogen-bond donors (Lipinski definition) is 2. The zero-order valence-electron chi connectivity index (χ0n) is 2.04. The fourth-order valence-corrected chi connectivity index (χ4v) is 0.